The number of benzene rings is 1. The standard InChI is InChI=1S/C14H16F3NO5S/c15-14(16,17)24(19,20)23-12-3-1-11(2-4-12)13(9-22-10-13)18-5-7-21-8-6-18/h1-4H,5-10H2. The third-order valence-electron chi connectivity index (χ3n) is 4.18. The topological polar surface area (TPSA) is 65.1 Å². The Bertz CT molecular complexity index is 679. The molecule has 24 heavy (non-hydrogen) atoms. The zero-order valence-electron chi connectivity index (χ0n) is 12.6. The Hall–Kier alpha value is -1.36. The lowest BCUT2D eigenvalue weighted by Gasteiger charge is -2.51. The molecule has 0 radical (unpaired) electrons. The summed E-state index contributed by atoms with van der Waals surface area (Å²) >= 11 is 0. The predicted molar refractivity (Wildman–Crippen MR) is 76.9 cm³/mol. The zero-order valence-corrected chi connectivity index (χ0v) is 13.4. The van der Waals surface area contributed by atoms with Crippen LogP contribution < -0.4 is 4.18 Å². The maximum Gasteiger partial charge on any atom is 0.534 e. The number of morpholine rings is 1. The van der Waals surface area contributed by atoms with Gasteiger partial charge in [-0.3, -0.25) is 4.90 Å². The van der Waals surface area contributed by atoms with Crippen molar-refractivity contribution >= 4 is 10.1 Å². The van der Waals surface area contributed by atoms with Gasteiger partial charge in [-0.15, -0.1) is 0 Å². The van der Waals surface area contributed by atoms with Gasteiger partial charge in [-0.2, -0.15) is 21.6 Å². The second-order valence-corrected chi connectivity index (χ2v) is 7.17. The molecular formula is C14H16F3NO5S. The second-order valence-electron chi connectivity index (χ2n) is 5.63. The van der Waals surface area contributed by atoms with Gasteiger partial charge in [0.2, 0.25) is 0 Å². The van der Waals surface area contributed by atoms with Crippen LogP contribution in [0, 0.1) is 0 Å². The van der Waals surface area contributed by atoms with Crippen molar-refractivity contribution in [3.63, 3.8) is 0 Å². The summed E-state index contributed by atoms with van der Waals surface area (Å²) in [5, 5.41) is 0. The quantitative estimate of drug-likeness (QED) is 0.593. The van der Waals surface area contributed by atoms with E-state index in [1.54, 1.807) is 12.1 Å². The van der Waals surface area contributed by atoms with E-state index in [0.29, 0.717) is 26.4 Å². The molecule has 1 aromatic carbocycles. The first-order chi connectivity index (χ1) is 11.2. The van der Waals surface area contributed by atoms with Crippen molar-refractivity contribution in [2.45, 2.75) is 11.0 Å². The summed E-state index contributed by atoms with van der Waals surface area (Å²) in [6.45, 7) is 3.59. The van der Waals surface area contributed by atoms with Crippen LogP contribution in [-0.2, 0) is 25.1 Å². The zero-order chi connectivity index (χ0) is 17.4. The molecule has 2 fully saturated rings. The Morgan fingerprint density at radius 3 is 2.08 bits per heavy atom. The first-order valence-corrected chi connectivity index (χ1v) is 8.67. The van der Waals surface area contributed by atoms with Gasteiger partial charge in [0.05, 0.1) is 32.0 Å². The third kappa shape index (κ3) is 3.10. The smallest absolute Gasteiger partial charge is 0.379 e. The molecule has 0 saturated carbocycles. The molecule has 6 nitrogen and oxygen atoms in total. The highest BCUT2D eigenvalue weighted by Gasteiger charge is 2.49. The average Bonchev–Trinajstić information content (AvgIpc) is 2.47. The molecule has 0 unspecified atom stereocenters. The normalized spacial score (nSPS) is 22.0. The van der Waals surface area contributed by atoms with Crippen LogP contribution in [0.3, 0.4) is 0 Å². The number of rotatable bonds is 4. The van der Waals surface area contributed by atoms with Crippen LogP contribution in [0.5, 0.6) is 5.75 Å². The van der Waals surface area contributed by atoms with Crippen LogP contribution >= 0.6 is 0 Å². The number of halogens is 3. The minimum atomic E-state index is -5.66. The Morgan fingerprint density at radius 2 is 1.62 bits per heavy atom. The van der Waals surface area contributed by atoms with Crippen molar-refractivity contribution in [3.05, 3.63) is 29.8 Å². The van der Waals surface area contributed by atoms with E-state index < -0.39 is 15.6 Å². The van der Waals surface area contributed by atoms with Gasteiger partial charge in [0.25, 0.3) is 0 Å². The highest BCUT2D eigenvalue weighted by molar-refractivity contribution is 7.87. The van der Waals surface area contributed by atoms with Crippen LogP contribution in [0.15, 0.2) is 24.3 Å². The Morgan fingerprint density at radius 1 is 1.04 bits per heavy atom. The summed E-state index contributed by atoms with van der Waals surface area (Å²) < 4.78 is 73.9. The van der Waals surface area contributed by atoms with Crippen LogP contribution in [0.2, 0.25) is 0 Å². The Kier molecular flexibility index (Phi) is 4.49. The maximum absolute atomic E-state index is 12.3. The minimum Gasteiger partial charge on any atom is -0.379 e. The highest BCUT2D eigenvalue weighted by Crippen LogP contribution is 2.37. The van der Waals surface area contributed by atoms with Gasteiger partial charge in [-0.25, -0.2) is 0 Å². The van der Waals surface area contributed by atoms with Gasteiger partial charge < -0.3 is 13.7 Å². The van der Waals surface area contributed by atoms with E-state index in [1.807, 2.05) is 0 Å². The fourth-order valence-corrected chi connectivity index (χ4v) is 3.27. The molecule has 2 aliphatic heterocycles. The van der Waals surface area contributed by atoms with Gasteiger partial charge in [-0.05, 0) is 17.7 Å². The summed E-state index contributed by atoms with van der Waals surface area (Å²) in [5.41, 5.74) is -4.97. The van der Waals surface area contributed by atoms with Gasteiger partial charge in [0.15, 0.2) is 0 Å². The van der Waals surface area contributed by atoms with E-state index >= 15 is 0 Å². The number of nitrogens with zero attached hydrogens (tertiary/aromatic N) is 1. The van der Waals surface area contributed by atoms with E-state index in [4.69, 9.17) is 9.47 Å². The summed E-state index contributed by atoms with van der Waals surface area (Å²) in [4.78, 5) is 2.21. The molecule has 0 N–H and O–H groups in total. The van der Waals surface area contributed by atoms with Crippen molar-refractivity contribution in [2.75, 3.05) is 39.5 Å². The molecule has 0 spiro atoms. The van der Waals surface area contributed by atoms with Crippen molar-refractivity contribution < 1.29 is 35.2 Å². The van der Waals surface area contributed by atoms with E-state index in [2.05, 4.69) is 9.08 Å². The van der Waals surface area contributed by atoms with Gasteiger partial charge >= 0.3 is 15.6 Å². The van der Waals surface area contributed by atoms with Crippen LogP contribution in [-0.4, -0.2) is 58.3 Å². The van der Waals surface area contributed by atoms with Gasteiger partial charge in [0.1, 0.15) is 5.75 Å². The second kappa shape index (κ2) is 6.17. The summed E-state index contributed by atoms with van der Waals surface area (Å²) in [5.74, 6) is -0.381. The minimum absolute atomic E-state index is 0.356. The number of hydrogen-bond acceptors (Lipinski definition) is 6. The van der Waals surface area contributed by atoms with E-state index in [0.717, 1.165) is 18.7 Å². The Balaban J connectivity index is 1.79. The van der Waals surface area contributed by atoms with Crippen molar-refractivity contribution in [1.29, 1.82) is 0 Å². The van der Waals surface area contributed by atoms with Crippen LogP contribution in [0.1, 0.15) is 5.56 Å². The van der Waals surface area contributed by atoms with E-state index in [-0.39, 0.29) is 11.3 Å². The third-order valence-corrected chi connectivity index (χ3v) is 5.16. The molecule has 2 aliphatic rings. The lowest BCUT2D eigenvalue weighted by Crippen LogP contribution is -2.62. The van der Waals surface area contributed by atoms with Crippen LogP contribution in [0.4, 0.5) is 13.2 Å². The predicted octanol–water partition coefficient (Wildman–Crippen LogP) is 1.47. The summed E-state index contributed by atoms with van der Waals surface area (Å²) in [6.07, 6.45) is 0. The molecule has 2 saturated heterocycles. The van der Waals surface area contributed by atoms with Crippen molar-refractivity contribution in [2.24, 2.45) is 0 Å². The van der Waals surface area contributed by atoms with Crippen molar-refractivity contribution in [3.8, 4) is 5.75 Å². The number of ether oxygens (including phenoxy) is 2. The van der Waals surface area contributed by atoms with Gasteiger partial charge in [0, 0.05) is 13.1 Å². The Labute approximate surface area is 137 Å². The molecule has 10 heteroatoms. The molecule has 3 rings (SSSR count). The molecular weight excluding hydrogens is 351 g/mol. The highest BCUT2D eigenvalue weighted by atomic mass is 32.2. The summed E-state index contributed by atoms with van der Waals surface area (Å²) in [6, 6.07) is 5.58. The summed E-state index contributed by atoms with van der Waals surface area (Å²) in [7, 11) is -5.66. The van der Waals surface area contributed by atoms with Gasteiger partial charge in [-0.1, -0.05) is 12.1 Å². The fourth-order valence-electron chi connectivity index (χ4n) is 2.81. The number of hydrogen-bond donors (Lipinski definition) is 0. The molecule has 0 bridgehead atoms. The lowest BCUT2D eigenvalue weighted by atomic mass is 9.85. The SMILES string of the molecule is O=S(=O)(Oc1ccc(C2(N3CCOCC3)COC2)cc1)C(F)(F)F. The first-order valence-electron chi connectivity index (χ1n) is 7.26. The molecule has 1 aromatic rings. The largest absolute Gasteiger partial charge is 0.534 e. The lowest BCUT2D eigenvalue weighted by molar-refractivity contribution is -0.166. The average molecular weight is 367 g/mol. The van der Waals surface area contributed by atoms with E-state index in [1.165, 1.54) is 12.1 Å². The van der Waals surface area contributed by atoms with Crippen LogP contribution in [0.25, 0.3) is 0 Å². The molecule has 2 heterocycles. The number of alkyl halides is 3. The molecule has 134 valence electrons. The van der Waals surface area contributed by atoms with E-state index in [9.17, 15) is 21.6 Å². The fraction of sp³-hybridized carbons (Fsp3) is 0.571. The first kappa shape index (κ1) is 17.5. The molecule has 0 aromatic heterocycles. The molecule has 0 amide bonds. The molecule has 0 aliphatic carbocycles. The molecule has 0 atom stereocenters. The van der Waals surface area contributed by atoms with Crippen molar-refractivity contribution in [1.82, 2.24) is 4.90 Å². The maximum atomic E-state index is 12.3. The monoisotopic (exact) mass is 367 g/mol.